The number of hydrogen-bond acceptors (Lipinski definition) is 3. The van der Waals surface area contributed by atoms with Crippen LogP contribution >= 0.6 is 0 Å². The van der Waals surface area contributed by atoms with Crippen molar-refractivity contribution in [2.75, 3.05) is 13.2 Å². The van der Waals surface area contributed by atoms with Crippen LogP contribution in [0.3, 0.4) is 0 Å². The van der Waals surface area contributed by atoms with Crippen LogP contribution in [0.1, 0.15) is 51.9 Å². The van der Waals surface area contributed by atoms with Crippen molar-refractivity contribution in [2.24, 2.45) is 0 Å². The smallest absolute Gasteiger partial charge is 0.240 e. The largest absolute Gasteiger partial charge is 0.396 e. The van der Waals surface area contributed by atoms with Gasteiger partial charge >= 0.3 is 0 Å². The molecule has 0 spiro atoms. The van der Waals surface area contributed by atoms with Gasteiger partial charge in [-0.2, -0.15) is 0 Å². The number of amides is 1. The van der Waals surface area contributed by atoms with Crippen molar-refractivity contribution in [3.63, 3.8) is 0 Å². The molecule has 0 aromatic heterocycles. The molecule has 2 unspecified atom stereocenters. The van der Waals surface area contributed by atoms with Crippen molar-refractivity contribution < 1.29 is 9.90 Å². The fourth-order valence-corrected chi connectivity index (χ4v) is 3.29. The summed E-state index contributed by atoms with van der Waals surface area (Å²) in [5.41, 5.74) is 0. The molecular formula is C14H26N2O2. The number of aliphatic hydroxyl groups excluding tert-OH is 1. The summed E-state index contributed by atoms with van der Waals surface area (Å²) in [5.74, 6) is 0.203. The fraction of sp³-hybridized carbons (Fsp3) is 0.929. The summed E-state index contributed by atoms with van der Waals surface area (Å²) in [6.07, 6.45) is 7.97. The van der Waals surface area contributed by atoms with Crippen LogP contribution in [-0.2, 0) is 4.79 Å². The maximum atomic E-state index is 12.4. The lowest BCUT2D eigenvalue weighted by Gasteiger charge is -2.41. The van der Waals surface area contributed by atoms with E-state index in [4.69, 9.17) is 5.11 Å². The number of nitrogens with zero attached hydrogens (tertiary/aromatic N) is 1. The molecule has 1 saturated carbocycles. The van der Waals surface area contributed by atoms with Crippen LogP contribution in [0.15, 0.2) is 0 Å². The van der Waals surface area contributed by atoms with Gasteiger partial charge in [0, 0.05) is 25.2 Å². The predicted molar refractivity (Wildman–Crippen MR) is 71.3 cm³/mol. The molecule has 0 aromatic rings. The Hall–Kier alpha value is -0.610. The molecule has 2 fully saturated rings. The molecule has 1 heterocycles. The Kier molecular flexibility index (Phi) is 5.01. The number of carbonyl (C=O) groups is 1. The van der Waals surface area contributed by atoms with Gasteiger partial charge in [0.05, 0.1) is 6.04 Å². The van der Waals surface area contributed by atoms with Crippen molar-refractivity contribution in [2.45, 2.75) is 70.0 Å². The van der Waals surface area contributed by atoms with Crippen LogP contribution in [0, 0.1) is 0 Å². The molecule has 0 bridgehead atoms. The van der Waals surface area contributed by atoms with Crippen molar-refractivity contribution in [3.8, 4) is 0 Å². The highest BCUT2D eigenvalue weighted by atomic mass is 16.3. The van der Waals surface area contributed by atoms with Gasteiger partial charge in [0.2, 0.25) is 5.91 Å². The number of aliphatic hydroxyl groups is 1. The van der Waals surface area contributed by atoms with Crippen LogP contribution in [0.25, 0.3) is 0 Å². The Morgan fingerprint density at radius 2 is 1.94 bits per heavy atom. The topological polar surface area (TPSA) is 52.6 Å². The van der Waals surface area contributed by atoms with Crippen molar-refractivity contribution in [1.82, 2.24) is 10.2 Å². The first-order valence-electron chi connectivity index (χ1n) is 7.39. The lowest BCUT2D eigenvalue weighted by atomic mass is 10.0. The van der Waals surface area contributed by atoms with Gasteiger partial charge in [-0.15, -0.1) is 0 Å². The van der Waals surface area contributed by atoms with Gasteiger partial charge in [-0.1, -0.05) is 25.7 Å². The van der Waals surface area contributed by atoms with E-state index < -0.39 is 0 Å². The molecular weight excluding hydrogens is 228 g/mol. The summed E-state index contributed by atoms with van der Waals surface area (Å²) in [7, 11) is 0. The zero-order chi connectivity index (χ0) is 13.0. The van der Waals surface area contributed by atoms with E-state index in [1.165, 1.54) is 25.7 Å². The SMILES string of the molecule is CC1CN(C2CCCCCC2)C(=O)C(CCO)N1. The normalized spacial score (nSPS) is 31.4. The summed E-state index contributed by atoms with van der Waals surface area (Å²) in [5, 5.41) is 12.4. The van der Waals surface area contributed by atoms with Crippen molar-refractivity contribution >= 4 is 5.91 Å². The number of piperazine rings is 1. The Morgan fingerprint density at radius 1 is 1.28 bits per heavy atom. The second-order valence-corrected chi connectivity index (χ2v) is 5.77. The number of rotatable bonds is 3. The molecule has 2 rings (SSSR count). The van der Waals surface area contributed by atoms with Gasteiger partial charge in [0.25, 0.3) is 0 Å². The van der Waals surface area contributed by atoms with Crippen LogP contribution in [0.2, 0.25) is 0 Å². The Balaban J connectivity index is 2.02. The standard InChI is InChI=1S/C14H26N2O2/c1-11-10-16(12-6-4-2-3-5-7-12)14(18)13(15-11)8-9-17/h11-13,15,17H,2-10H2,1H3. The van der Waals surface area contributed by atoms with E-state index >= 15 is 0 Å². The van der Waals surface area contributed by atoms with Crippen LogP contribution in [0.4, 0.5) is 0 Å². The molecule has 2 N–H and O–H groups in total. The minimum Gasteiger partial charge on any atom is -0.396 e. The quantitative estimate of drug-likeness (QED) is 0.746. The summed E-state index contributed by atoms with van der Waals surface area (Å²) in [6, 6.07) is 0.593. The van der Waals surface area contributed by atoms with Crippen molar-refractivity contribution in [1.29, 1.82) is 0 Å². The van der Waals surface area contributed by atoms with E-state index in [2.05, 4.69) is 17.1 Å². The first-order chi connectivity index (χ1) is 8.72. The third-order valence-electron chi connectivity index (χ3n) is 4.22. The predicted octanol–water partition coefficient (Wildman–Crippen LogP) is 1.28. The average Bonchev–Trinajstić information content (AvgIpc) is 2.62. The fourth-order valence-electron chi connectivity index (χ4n) is 3.29. The summed E-state index contributed by atoms with van der Waals surface area (Å²) >= 11 is 0. The molecule has 1 aliphatic carbocycles. The van der Waals surface area contributed by atoms with Crippen LogP contribution in [0.5, 0.6) is 0 Å². The average molecular weight is 254 g/mol. The molecule has 18 heavy (non-hydrogen) atoms. The van der Waals surface area contributed by atoms with E-state index in [0.29, 0.717) is 18.5 Å². The molecule has 4 heteroatoms. The van der Waals surface area contributed by atoms with Gasteiger partial charge in [-0.25, -0.2) is 0 Å². The Labute approximate surface area is 110 Å². The summed E-state index contributed by atoms with van der Waals surface area (Å²) in [4.78, 5) is 14.5. The molecule has 2 aliphatic rings. The second kappa shape index (κ2) is 6.53. The Morgan fingerprint density at radius 3 is 2.56 bits per heavy atom. The third kappa shape index (κ3) is 3.23. The monoisotopic (exact) mass is 254 g/mol. The first-order valence-corrected chi connectivity index (χ1v) is 7.39. The minimum atomic E-state index is -0.179. The number of nitrogens with one attached hydrogen (secondary N) is 1. The number of hydrogen-bond donors (Lipinski definition) is 2. The highest BCUT2D eigenvalue weighted by Gasteiger charge is 2.35. The summed E-state index contributed by atoms with van der Waals surface area (Å²) in [6.45, 7) is 3.03. The first kappa shape index (κ1) is 13.8. The van der Waals surface area contributed by atoms with E-state index in [9.17, 15) is 4.79 Å². The zero-order valence-electron chi connectivity index (χ0n) is 11.4. The maximum Gasteiger partial charge on any atom is 0.240 e. The molecule has 104 valence electrons. The van der Waals surface area contributed by atoms with Crippen LogP contribution < -0.4 is 5.32 Å². The maximum absolute atomic E-state index is 12.4. The van der Waals surface area contributed by atoms with Crippen molar-refractivity contribution in [3.05, 3.63) is 0 Å². The van der Waals surface area contributed by atoms with Crippen LogP contribution in [-0.4, -0.2) is 47.2 Å². The van der Waals surface area contributed by atoms with Gasteiger partial charge in [0.1, 0.15) is 0 Å². The van der Waals surface area contributed by atoms with Gasteiger partial charge < -0.3 is 15.3 Å². The number of carbonyl (C=O) groups excluding carboxylic acids is 1. The second-order valence-electron chi connectivity index (χ2n) is 5.77. The third-order valence-corrected chi connectivity index (χ3v) is 4.22. The van der Waals surface area contributed by atoms with Gasteiger partial charge in [-0.3, -0.25) is 4.79 Å². The highest BCUT2D eigenvalue weighted by molar-refractivity contribution is 5.83. The molecule has 1 saturated heterocycles. The Bertz CT molecular complexity index is 275. The highest BCUT2D eigenvalue weighted by Crippen LogP contribution is 2.24. The molecule has 1 aliphatic heterocycles. The molecule has 2 atom stereocenters. The molecule has 4 nitrogen and oxygen atoms in total. The lowest BCUT2D eigenvalue weighted by Crippen LogP contribution is -2.61. The van der Waals surface area contributed by atoms with E-state index in [1.54, 1.807) is 0 Å². The zero-order valence-corrected chi connectivity index (χ0v) is 11.4. The van der Waals surface area contributed by atoms with Gasteiger partial charge in [0.15, 0.2) is 0 Å². The molecule has 0 radical (unpaired) electrons. The molecule has 1 amide bonds. The van der Waals surface area contributed by atoms with E-state index in [0.717, 1.165) is 19.4 Å². The lowest BCUT2D eigenvalue weighted by molar-refractivity contribution is -0.140. The van der Waals surface area contributed by atoms with E-state index in [1.807, 2.05) is 0 Å². The molecule has 0 aromatic carbocycles. The van der Waals surface area contributed by atoms with Gasteiger partial charge in [-0.05, 0) is 26.2 Å². The minimum absolute atomic E-state index is 0.0780. The summed E-state index contributed by atoms with van der Waals surface area (Å²) < 4.78 is 0. The van der Waals surface area contributed by atoms with E-state index in [-0.39, 0.29) is 18.6 Å².